The van der Waals surface area contributed by atoms with Crippen molar-refractivity contribution in [2.75, 3.05) is 6.54 Å². The summed E-state index contributed by atoms with van der Waals surface area (Å²) in [5.41, 5.74) is 1.18. The van der Waals surface area contributed by atoms with Gasteiger partial charge >= 0.3 is 0 Å². The van der Waals surface area contributed by atoms with Crippen molar-refractivity contribution in [3.63, 3.8) is 0 Å². The maximum atomic E-state index is 11.4. The normalized spacial score (nSPS) is 12.9. The molecule has 5 heteroatoms. The Morgan fingerprint density at radius 2 is 2.00 bits per heavy atom. The molecular formula is C12H16N2O2S. The second-order valence-electron chi connectivity index (χ2n) is 3.80. The van der Waals surface area contributed by atoms with Crippen molar-refractivity contribution in [1.29, 1.82) is 5.26 Å². The van der Waals surface area contributed by atoms with E-state index in [1.165, 1.54) is 12.5 Å². The van der Waals surface area contributed by atoms with Crippen molar-refractivity contribution in [3.05, 3.63) is 35.9 Å². The lowest BCUT2D eigenvalue weighted by Crippen LogP contribution is -2.32. The summed E-state index contributed by atoms with van der Waals surface area (Å²) in [6, 6.07) is 11.6. The molecule has 1 aromatic carbocycles. The van der Waals surface area contributed by atoms with E-state index in [9.17, 15) is 8.42 Å². The van der Waals surface area contributed by atoms with Crippen LogP contribution in [0.2, 0.25) is 0 Å². The van der Waals surface area contributed by atoms with E-state index in [2.05, 4.69) is 4.72 Å². The van der Waals surface area contributed by atoms with Gasteiger partial charge in [0.05, 0.1) is 6.07 Å². The van der Waals surface area contributed by atoms with Crippen molar-refractivity contribution >= 4 is 10.0 Å². The highest BCUT2D eigenvalue weighted by Crippen LogP contribution is 2.02. The monoisotopic (exact) mass is 252 g/mol. The highest BCUT2D eigenvalue weighted by Gasteiger charge is 2.18. The van der Waals surface area contributed by atoms with E-state index in [0.717, 1.165) is 12.8 Å². The second kappa shape index (κ2) is 6.38. The minimum atomic E-state index is -3.48. The lowest BCUT2D eigenvalue weighted by atomic mass is 10.1. The summed E-state index contributed by atoms with van der Waals surface area (Å²) in [4.78, 5) is 0. The zero-order valence-corrected chi connectivity index (χ0v) is 10.6. The molecule has 0 aliphatic rings. The predicted molar refractivity (Wildman–Crippen MR) is 66.8 cm³/mol. The van der Waals surface area contributed by atoms with E-state index in [-0.39, 0.29) is 0 Å². The number of hydrogen-bond acceptors (Lipinski definition) is 3. The van der Waals surface area contributed by atoms with Crippen molar-refractivity contribution in [3.8, 4) is 6.07 Å². The van der Waals surface area contributed by atoms with Gasteiger partial charge in [-0.3, -0.25) is 0 Å². The second-order valence-corrected chi connectivity index (χ2v) is 5.89. The Morgan fingerprint density at radius 1 is 1.35 bits per heavy atom. The maximum Gasteiger partial charge on any atom is 0.227 e. The number of nitriles is 1. The fraction of sp³-hybridized carbons (Fsp3) is 0.417. The van der Waals surface area contributed by atoms with Gasteiger partial charge < -0.3 is 0 Å². The van der Waals surface area contributed by atoms with E-state index in [1.807, 2.05) is 30.3 Å². The number of nitrogens with one attached hydrogen (secondary N) is 1. The molecule has 0 aromatic heterocycles. The summed E-state index contributed by atoms with van der Waals surface area (Å²) in [7, 11) is -3.48. The third-order valence-electron chi connectivity index (χ3n) is 2.44. The lowest BCUT2D eigenvalue weighted by Gasteiger charge is -2.07. The van der Waals surface area contributed by atoms with Crippen LogP contribution < -0.4 is 4.72 Å². The van der Waals surface area contributed by atoms with Gasteiger partial charge in [0, 0.05) is 6.54 Å². The molecule has 1 rings (SSSR count). The lowest BCUT2D eigenvalue weighted by molar-refractivity contribution is 0.574. The number of rotatable bonds is 6. The summed E-state index contributed by atoms with van der Waals surface area (Å²) < 4.78 is 25.3. The van der Waals surface area contributed by atoms with Gasteiger partial charge in [0.1, 0.15) is 0 Å². The first-order valence-corrected chi connectivity index (χ1v) is 7.03. The van der Waals surface area contributed by atoms with Gasteiger partial charge in [-0.15, -0.1) is 0 Å². The number of sulfonamides is 1. The van der Waals surface area contributed by atoms with Gasteiger partial charge in [0.2, 0.25) is 10.0 Å². The third kappa shape index (κ3) is 4.55. The molecule has 0 heterocycles. The fourth-order valence-corrected chi connectivity index (χ4v) is 2.16. The van der Waals surface area contributed by atoms with Crippen LogP contribution in [0.25, 0.3) is 0 Å². The molecule has 0 radical (unpaired) electrons. The van der Waals surface area contributed by atoms with E-state index in [1.54, 1.807) is 6.07 Å². The number of hydrogen-bond donors (Lipinski definition) is 1. The molecule has 0 saturated heterocycles. The SMILES string of the molecule is CC(C#N)S(=O)(=O)NCCCc1ccccc1. The zero-order valence-electron chi connectivity index (χ0n) is 9.76. The van der Waals surface area contributed by atoms with E-state index < -0.39 is 15.3 Å². The van der Waals surface area contributed by atoms with Crippen LogP contribution in [-0.2, 0) is 16.4 Å². The van der Waals surface area contributed by atoms with Gasteiger partial charge in [-0.2, -0.15) is 5.26 Å². The number of benzene rings is 1. The molecule has 0 bridgehead atoms. The van der Waals surface area contributed by atoms with E-state index >= 15 is 0 Å². The van der Waals surface area contributed by atoms with Gasteiger partial charge in [0.15, 0.2) is 5.25 Å². The largest absolute Gasteiger partial charge is 0.227 e. The molecule has 0 amide bonds. The number of aryl methyl sites for hydroxylation is 1. The van der Waals surface area contributed by atoms with E-state index in [4.69, 9.17) is 5.26 Å². The molecule has 0 aliphatic carbocycles. The van der Waals surface area contributed by atoms with Crippen LogP contribution in [-0.4, -0.2) is 20.2 Å². The van der Waals surface area contributed by atoms with E-state index in [0.29, 0.717) is 6.54 Å². The van der Waals surface area contributed by atoms with Gasteiger partial charge in [-0.25, -0.2) is 13.1 Å². The molecule has 1 aromatic rings. The first kappa shape index (κ1) is 13.7. The average molecular weight is 252 g/mol. The standard InChI is InChI=1S/C12H16N2O2S/c1-11(10-13)17(15,16)14-9-5-8-12-6-3-2-4-7-12/h2-4,6-7,11,14H,5,8-9H2,1H3. The smallest absolute Gasteiger partial charge is 0.214 e. The van der Waals surface area contributed by atoms with Crippen LogP contribution in [0, 0.1) is 11.3 Å². The minimum absolute atomic E-state index is 0.364. The topological polar surface area (TPSA) is 70.0 Å². The van der Waals surface area contributed by atoms with Crippen LogP contribution >= 0.6 is 0 Å². The Balaban J connectivity index is 2.33. The summed E-state index contributed by atoms with van der Waals surface area (Å²) in [5.74, 6) is 0. The molecule has 1 N–H and O–H groups in total. The fourth-order valence-electron chi connectivity index (χ4n) is 1.35. The Bertz CT molecular complexity index is 477. The molecule has 92 valence electrons. The van der Waals surface area contributed by atoms with Crippen LogP contribution in [0.1, 0.15) is 18.9 Å². The molecule has 0 spiro atoms. The van der Waals surface area contributed by atoms with Crippen molar-refractivity contribution in [2.24, 2.45) is 0 Å². The highest BCUT2D eigenvalue weighted by atomic mass is 32.2. The Hall–Kier alpha value is -1.38. The Kier molecular flexibility index (Phi) is 5.13. The maximum absolute atomic E-state index is 11.4. The van der Waals surface area contributed by atoms with Crippen LogP contribution in [0.3, 0.4) is 0 Å². The predicted octanol–water partition coefficient (Wildman–Crippen LogP) is 1.45. The molecule has 0 saturated carbocycles. The van der Waals surface area contributed by atoms with Gasteiger partial charge in [0.25, 0.3) is 0 Å². The molecule has 1 unspecified atom stereocenters. The first-order valence-electron chi connectivity index (χ1n) is 5.48. The molecule has 1 atom stereocenters. The first-order chi connectivity index (χ1) is 8.06. The van der Waals surface area contributed by atoms with Crippen LogP contribution in [0.5, 0.6) is 0 Å². The quantitative estimate of drug-likeness (QED) is 0.779. The molecular weight excluding hydrogens is 236 g/mol. The summed E-state index contributed by atoms with van der Waals surface area (Å²) >= 11 is 0. The van der Waals surface area contributed by atoms with Crippen LogP contribution in [0.4, 0.5) is 0 Å². The molecule has 4 nitrogen and oxygen atoms in total. The van der Waals surface area contributed by atoms with Crippen molar-refractivity contribution < 1.29 is 8.42 Å². The zero-order chi connectivity index (χ0) is 12.7. The third-order valence-corrected chi connectivity index (χ3v) is 4.08. The number of nitrogens with zero attached hydrogens (tertiary/aromatic N) is 1. The molecule has 0 aliphatic heterocycles. The highest BCUT2D eigenvalue weighted by molar-refractivity contribution is 7.90. The molecule has 17 heavy (non-hydrogen) atoms. The summed E-state index contributed by atoms with van der Waals surface area (Å²) in [6.45, 7) is 1.74. The van der Waals surface area contributed by atoms with Crippen LogP contribution in [0.15, 0.2) is 30.3 Å². The van der Waals surface area contributed by atoms with Crippen molar-refractivity contribution in [1.82, 2.24) is 4.72 Å². The van der Waals surface area contributed by atoms with Crippen molar-refractivity contribution in [2.45, 2.75) is 25.0 Å². The Morgan fingerprint density at radius 3 is 2.59 bits per heavy atom. The van der Waals surface area contributed by atoms with Gasteiger partial charge in [-0.1, -0.05) is 30.3 Å². The van der Waals surface area contributed by atoms with Gasteiger partial charge in [-0.05, 0) is 25.3 Å². The summed E-state index contributed by atoms with van der Waals surface area (Å²) in [6.07, 6.45) is 1.55. The summed E-state index contributed by atoms with van der Waals surface area (Å²) in [5, 5.41) is 7.54. The molecule has 0 fully saturated rings. The minimum Gasteiger partial charge on any atom is -0.214 e. The Labute approximate surface area is 102 Å². The average Bonchev–Trinajstić information content (AvgIpc) is 2.35.